The second-order valence-corrected chi connectivity index (χ2v) is 9.48. The Balaban J connectivity index is 1.74. The molecule has 1 atom stereocenters. The molecule has 3 aromatic rings. The predicted octanol–water partition coefficient (Wildman–Crippen LogP) is 2.85. The second kappa shape index (κ2) is 9.78. The third kappa shape index (κ3) is 4.27. The molecule has 10 heteroatoms. The standard InChI is InChI=1S/C27H26N2O7S/c1-6-34-26(31)23-15(3)28-27-29(24(23)18-8-7-17(32-4)12-19(18)33-5)25(30)22(37-27)11-16-10-21-20(9-14(16)2)35-13-36-21/h7-12,24H,6,13H2,1-5H3/b22-11-. The first-order chi connectivity index (χ1) is 17.9. The minimum absolute atomic E-state index is 0.167. The SMILES string of the molecule is CCOC(=O)C1=C(C)N=c2s/c(=C\c3cc4c(cc3C)OCO4)c(=O)n2C1c1ccc(OC)cc1OC. The van der Waals surface area contributed by atoms with E-state index in [-0.39, 0.29) is 24.5 Å². The van der Waals surface area contributed by atoms with E-state index in [1.807, 2.05) is 25.1 Å². The molecule has 0 fully saturated rings. The molecule has 5 rings (SSSR count). The maximum absolute atomic E-state index is 13.9. The Bertz CT molecular complexity index is 1620. The summed E-state index contributed by atoms with van der Waals surface area (Å²) in [6, 6.07) is 8.23. The highest BCUT2D eigenvalue weighted by Crippen LogP contribution is 2.38. The zero-order chi connectivity index (χ0) is 26.3. The predicted molar refractivity (Wildman–Crippen MR) is 137 cm³/mol. The number of carbonyl (C=O) groups excluding carboxylic acids is 1. The van der Waals surface area contributed by atoms with Gasteiger partial charge in [0.1, 0.15) is 17.5 Å². The second-order valence-electron chi connectivity index (χ2n) is 8.47. The fourth-order valence-corrected chi connectivity index (χ4v) is 5.52. The van der Waals surface area contributed by atoms with Crippen LogP contribution in [0.4, 0.5) is 0 Å². The van der Waals surface area contributed by atoms with Crippen LogP contribution in [0.3, 0.4) is 0 Å². The van der Waals surface area contributed by atoms with Gasteiger partial charge in [-0.3, -0.25) is 9.36 Å². The van der Waals surface area contributed by atoms with Crippen LogP contribution in [-0.2, 0) is 9.53 Å². The van der Waals surface area contributed by atoms with Gasteiger partial charge in [-0.05, 0) is 62.2 Å². The highest BCUT2D eigenvalue weighted by atomic mass is 32.1. The van der Waals surface area contributed by atoms with E-state index in [0.717, 1.165) is 11.1 Å². The molecule has 0 spiro atoms. The van der Waals surface area contributed by atoms with Crippen molar-refractivity contribution in [2.45, 2.75) is 26.8 Å². The van der Waals surface area contributed by atoms with Crippen molar-refractivity contribution >= 4 is 23.4 Å². The van der Waals surface area contributed by atoms with Crippen LogP contribution in [-0.4, -0.2) is 38.2 Å². The molecule has 2 aliphatic heterocycles. The number of rotatable bonds is 6. The number of fused-ring (bicyclic) bond motifs is 2. The summed E-state index contributed by atoms with van der Waals surface area (Å²) >= 11 is 1.25. The lowest BCUT2D eigenvalue weighted by Gasteiger charge is -2.26. The molecule has 0 radical (unpaired) electrons. The Morgan fingerprint density at radius 2 is 1.92 bits per heavy atom. The Labute approximate surface area is 216 Å². The molecule has 0 amide bonds. The van der Waals surface area contributed by atoms with Crippen molar-refractivity contribution in [3.8, 4) is 23.0 Å². The molecule has 0 bridgehead atoms. The molecule has 3 heterocycles. The fourth-order valence-electron chi connectivity index (χ4n) is 4.49. The Kier molecular flexibility index (Phi) is 6.51. The molecular weight excluding hydrogens is 496 g/mol. The van der Waals surface area contributed by atoms with Gasteiger partial charge in [-0.2, -0.15) is 0 Å². The van der Waals surface area contributed by atoms with Crippen LogP contribution in [0.25, 0.3) is 6.08 Å². The fraction of sp³-hybridized carbons (Fsp3) is 0.296. The van der Waals surface area contributed by atoms with E-state index in [4.69, 9.17) is 23.7 Å². The van der Waals surface area contributed by atoms with Crippen molar-refractivity contribution < 1.29 is 28.5 Å². The minimum atomic E-state index is -0.795. The van der Waals surface area contributed by atoms with E-state index in [9.17, 15) is 9.59 Å². The number of esters is 1. The first kappa shape index (κ1) is 24.6. The van der Waals surface area contributed by atoms with Crippen LogP contribution in [0, 0.1) is 6.92 Å². The number of aryl methyl sites for hydroxylation is 1. The van der Waals surface area contributed by atoms with Crippen molar-refractivity contribution in [1.82, 2.24) is 4.57 Å². The topological polar surface area (TPSA) is 97.6 Å². The first-order valence-corrected chi connectivity index (χ1v) is 12.5. The number of benzene rings is 2. The molecule has 1 aromatic heterocycles. The summed E-state index contributed by atoms with van der Waals surface area (Å²) in [5, 5.41) is 0. The number of aromatic nitrogens is 1. The van der Waals surface area contributed by atoms with Gasteiger partial charge in [0, 0.05) is 11.6 Å². The zero-order valence-electron chi connectivity index (χ0n) is 21.1. The lowest BCUT2D eigenvalue weighted by molar-refractivity contribution is -0.139. The van der Waals surface area contributed by atoms with Gasteiger partial charge in [0.15, 0.2) is 16.3 Å². The van der Waals surface area contributed by atoms with E-state index in [1.165, 1.54) is 23.0 Å². The van der Waals surface area contributed by atoms with Crippen molar-refractivity contribution in [3.05, 3.63) is 78.0 Å². The van der Waals surface area contributed by atoms with Crippen molar-refractivity contribution in [3.63, 3.8) is 0 Å². The number of carbonyl (C=O) groups is 1. The largest absolute Gasteiger partial charge is 0.497 e. The Morgan fingerprint density at radius 1 is 1.16 bits per heavy atom. The van der Waals surface area contributed by atoms with Gasteiger partial charge in [-0.25, -0.2) is 9.79 Å². The average molecular weight is 523 g/mol. The van der Waals surface area contributed by atoms with Crippen LogP contribution >= 0.6 is 11.3 Å². The number of hydrogen-bond donors (Lipinski definition) is 0. The van der Waals surface area contributed by atoms with Crippen molar-refractivity contribution in [2.24, 2.45) is 4.99 Å². The van der Waals surface area contributed by atoms with Gasteiger partial charge >= 0.3 is 5.97 Å². The molecule has 9 nitrogen and oxygen atoms in total. The molecule has 0 saturated heterocycles. The lowest BCUT2D eigenvalue weighted by atomic mass is 9.95. The third-order valence-electron chi connectivity index (χ3n) is 6.30. The van der Waals surface area contributed by atoms with Gasteiger partial charge in [0.2, 0.25) is 6.79 Å². The van der Waals surface area contributed by atoms with E-state index in [0.29, 0.717) is 43.6 Å². The molecule has 0 N–H and O–H groups in total. The normalized spacial score (nSPS) is 16.4. The summed E-state index contributed by atoms with van der Waals surface area (Å²) < 4.78 is 29.3. The first-order valence-electron chi connectivity index (χ1n) is 11.7. The summed E-state index contributed by atoms with van der Waals surface area (Å²) in [6.45, 7) is 5.78. The van der Waals surface area contributed by atoms with Crippen LogP contribution in [0.15, 0.2) is 51.4 Å². The number of thiazole rings is 1. The third-order valence-corrected chi connectivity index (χ3v) is 7.28. The minimum Gasteiger partial charge on any atom is -0.497 e. The van der Waals surface area contributed by atoms with Gasteiger partial charge in [0.25, 0.3) is 5.56 Å². The molecule has 0 saturated carbocycles. The average Bonchev–Trinajstić information content (AvgIpc) is 3.46. The molecule has 2 aliphatic rings. The summed E-state index contributed by atoms with van der Waals surface area (Å²) in [7, 11) is 3.09. The summed E-state index contributed by atoms with van der Waals surface area (Å²) in [6.07, 6.45) is 1.81. The number of allylic oxidation sites excluding steroid dienone is 1. The van der Waals surface area contributed by atoms with Gasteiger partial charge in [-0.1, -0.05) is 11.3 Å². The van der Waals surface area contributed by atoms with Crippen LogP contribution in [0.5, 0.6) is 23.0 Å². The van der Waals surface area contributed by atoms with Crippen LogP contribution in [0.1, 0.15) is 36.6 Å². The van der Waals surface area contributed by atoms with Gasteiger partial charge in [0.05, 0.1) is 36.6 Å². The summed E-state index contributed by atoms with van der Waals surface area (Å²) in [5.41, 5.74) is 2.86. The van der Waals surface area contributed by atoms with Gasteiger partial charge in [-0.15, -0.1) is 0 Å². The molecular formula is C27H26N2O7S. The lowest BCUT2D eigenvalue weighted by Crippen LogP contribution is -2.40. The van der Waals surface area contributed by atoms with E-state index in [1.54, 1.807) is 39.2 Å². The Morgan fingerprint density at radius 3 is 2.62 bits per heavy atom. The monoisotopic (exact) mass is 522 g/mol. The molecule has 192 valence electrons. The summed E-state index contributed by atoms with van der Waals surface area (Å²) in [5.74, 6) is 1.84. The highest BCUT2D eigenvalue weighted by molar-refractivity contribution is 7.07. The van der Waals surface area contributed by atoms with E-state index >= 15 is 0 Å². The van der Waals surface area contributed by atoms with Crippen molar-refractivity contribution in [1.29, 1.82) is 0 Å². The van der Waals surface area contributed by atoms with Crippen molar-refractivity contribution in [2.75, 3.05) is 27.6 Å². The maximum atomic E-state index is 13.9. The summed E-state index contributed by atoms with van der Waals surface area (Å²) in [4.78, 5) is 32.1. The maximum Gasteiger partial charge on any atom is 0.338 e. The molecule has 0 aliphatic carbocycles. The highest BCUT2D eigenvalue weighted by Gasteiger charge is 2.35. The van der Waals surface area contributed by atoms with Gasteiger partial charge < -0.3 is 23.7 Å². The quantitative estimate of drug-likeness (QED) is 0.459. The molecule has 1 unspecified atom stereocenters. The number of nitrogens with zero attached hydrogens (tertiary/aromatic N) is 2. The number of ether oxygens (including phenoxy) is 5. The van der Waals surface area contributed by atoms with E-state index in [2.05, 4.69) is 4.99 Å². The Hall–Kier alpha value is -4.05. The van der Waals surface area contributed by atoms with E-state index < -0.39 is 12.0 Å². The molecule has 37 heavy (non-hydrogen) atoms. The molecule has 2 aromatic carbocycles. The van der Waals surface area contributed by atoms with Crippen LogP contribution < -0.4 is 33.8 Å². The van der Waals surface area contributed by atoms with Crippen LogP contribution in [0.2, 0.25) is 0 Å². The number of hydrogen-bond acceptors (Lipinski definition) is 9. The smallest absolute Gasteiger partial charge is 0.338 e. The number of methoxy groups -OCH3 is 2. The zero-order valence-corrected chi connectivity index (χ0v) is 21.9.